The van der Waals surface area contributed by atoms with Crippen LogP contribution in [0, 0.1) is 0 Å². The first-order valence-corrected chi connectivity index (χ1v) is 7.52. The van der Waals surface area contributed by atoms with Gasteiger partial charge in [-0.15, -0.1) is 0 Å². The monoisotopic (exact) mass is 311 g/mol. The molecule has 1 aromatic carbocycles. The highest BCUT2D eigenvalue weighted by Gasteiger charge is 2.19. The van der Waals surface area contributed by atoms with E-state index in [4.69, 9.17) is 4.74 Å². The molecule has 1 aromatic rings. The van der Waals surface area contributed by atoms with Crippen LogP contribution in [0.15, 0.2) is 24.3 Å². The molecule has 1 saturated carbocycles. The Labute approximate surface area is 116 Å². The zero-order valence-electron chi connectivity index (χ0n) is 10.3. The van der Waals surface area contributed by atoms with Crippen LogP contribution < -0.4 is 10.1 Å². The van der Waals surface area contributed by atoms with Crippen LogP contribution in [0.3, 0.4) is 0 Å². The van der Waals surface area contributed by atoms with Crippen molar-refractivity contribution in [2.24, 2.45) is 0 Å². The zero-order valence-corrected chi connectivity index (χ0v) is 11.9. The van der Waals surface area contributed by atoms with Crippen molar-refractivity contribution >= 4 is 21.8 Å². The number of para-hydroxylation sites is 1. The van der Waals surface area contributed by atoms with Crippen LogP contribution in [0.1, 0.15) is 36.0 Å². The molecule has 18 heavy (non-hydrogen) atoms. The average molecular weight is 312 g/mol. The van der Waals surface area contributed by atoms with Crippen molar-refractivity contribution < 1.29 is 9.53 Å². The number of ether oxygens (including phenoxy) is 1. The number of carbonyl (C=O) groups is 1. The molecule has 0 heterocycles. The van der Waals surface area contributed by atoms with Crippen molar-refractivity contribution in [2.75, 3.05) is 11.9 Å². The average Bonchev–Trinajstić information content (AvgIpc) is 2.89. The van der Waals surface area contributed by atoms with Gasteiger partial charge in [0.1, 0.15) is 5.75 Å². The first-order valence-electron chi connectivity index (χ1n) is 6.40. The van der Waals surface area contributed by atoms with Crippen molar-refractivity contribution in [2.45, 2.75) is 31.7 Å². The molecule has 2 rings (SSSR count). The molecule has 0 bridgehead atoms. The standard InChI is InChI=1S/C14H18BrNO2/c15-9-10-18-13-8-4-3-7-12(13)14(17)16-11-5-1-2-6-11/h3-4,7-8,11H,1-2,5-6,9-10H2,(H,16,17). The van der Waals surface area contributed by atoms with Crippen molar-refractivity contribution in [3.05, 3.63) is 29.8 Å². The minimum Gasteiger partial charge on any atom is -0.492 e. The van der Waals surface area contributed by atoms with Crippen LogP contribution in [0.4, 0.5) is 0 Å². The molecule has 1 fully saturated rings. The van der Waals surface area contributed by atoms with Crippen LogP contribution in [0.25, 0.3) is 0 Å². The Bertz CT molecular complexity index is 403. The third-order valence-corrected chi connectivity index (χ3v) is 3.48. The van der Waals surface area contributed by atoms with Crippen molar-refractivity contribution in [3.63, 3.8) is 0 Å². The van der Waals surface area contributed by atoms with Gasteiger partial charge in [0, 0.05) is 11.4 Å². The van der Waals surface area contributed by atoms with Crippen molar-refractivity contribution in [1.82, 2.24) is 5.32 Å². The molecular weight excluding hydrogens is 294 g/mol. The predicted molar refractivity (Wildman–Crippen MR) is 75.5 cm³/mol. The van der Waals surface area contributed by atoms with Gasteiger partial charge in [-0.3, -0.25) is 4.79 Å². The van der Waals surface area contributed by atoms with Gasteiger partial charge >= 0.3 is 0 Å². The summed E-state index contributed by atoms with van der Waals surface area (Å²) in [7, 11) is 0. The third-order valence-electron chi connectivity index (χ3n) is 3.16. The second-order valence-corrected chi connectivity index (χ2v) is 5.28. The quantitative estimate of drug-likeness (QED) is 0.848. The first-order chi connectivity index (χ1) is 8.81. The Morgan fingerprint density at radius 3 is 2.78 bits per heavy atom. The van der Waals surface area contributed by atoms with Gasteiger partial charge in [0.15, 0.2) is 0 Å². The number of benzene rings is 1. The van der Waals surface area contributed by atoms with Gasteiger partial charge in [-0.1, -0.05) is 40.9 Å². The zero-order chi connectivity index (χ0) is 12.8. The Hall–Kier alpha value is -1.03. The lowest BCUT2D eigenvalue weighted by atomic mass is 10.1. The van der Waals surface area contributed by atoms with Gasteiger partial charge in [0.05, 0.1) is 12.2 Å². The van der Waals surface area contributed by atoms with E-state index in [0.29, 0.717) is 24.0 Å². The largest absolute Gasteiger partial charge is 0.492 e. The Kier molecular flexibility index (Phi) is 5.05. The molecule has 0 unspecified atom stereocenters. The SMILES string of the molecule is O=C(NC1CCCC1)c1ccccc1OCCBr. The van der Waals surface area contributed by atoms with Gasteiger partial charge in [-0.05, 0) is 25.0 Å². The summed E-state index contributed by atoms with van der Waals surface area (Å²) in [5.74, 6) is 0.638. The van der Waals surface area contributed by atoms with E-state index >= 15 is 0 Å². The normalized spacial score (nSPS) is 15.6. The second kappa shape index (κ2) is 6.78. The molecule has 3 nitrogen and oxygen atoms in total. The minimum atomic E-state index is -0.0212. The van der Waals surface area contributed by atoms with Gasteiger partial charge in [-0.25, -0.2) is 0 Å². The van der Waals surface area contributed by atoms with Crippen LogP contribution in [0.2, 0.25) is 0 Å². The second-order valence-electron chi connectivity index (χ2n) is 4.49. The molecule has 0 aromatic heterocycles. The summed E-state index contributed by atoms with van der Waals surface area (Å²) in [6, 6.07) is 7.74. The number of hydrogen-bond donors (Lipinski definition) is 1. The molecule has 0 atom stereocenters. The van der Waals surface area contributed by atoms with E-state index in [1.165, 1.54) is 12.8 Å². The number of hydrogen-bond acceptors (Lipinski definition) is 2. The van der Waals surface area contributed by atoms with E-state index in [2.05, 4.69) is 21.2 Å². The van der Waals surface area contributed by atoms with Crippen LogP contribution >= 0.6 is 15.9 Å². The fraction of sp³-hybridized carbons (Fsp3) is 0.500. The molecular formula is C14H18BrNO2. The molecule has 1 amide bonds. The Morgan fingerprint density at radius 2 is 2.06 bits per heavy atom. The Balaban J connectivity index is 2.03. The summed E-state index contributed by atoms with van der Waals surface area (Å²) >= 11 is 3.31. The fourth-order valence-corrected chi connectivity index (χ4v) is 2.42. The van der Waals surface area contributed by atoms with Gasteiger partial charge < -0.3 is 10.1 Å². The Morgan fingerprint density at radius 1 is 1.33 bits per heavy atom. The predicted octanol–water partition coefficient (Wildman–Crippen LogP) is 3.13. The molecule has 4 heteroatoms. The summed E-state index contributed by atoms with van der Waals surface area (Å²) in [4.78, 5) is 12.2. The molecule has 0 radical (unpaired) electrons. The molecule has 0 saturated heterocycles. The lowest BCUT2D eigenvalue weighted by Gasteiger charge is -2.14. The molecule has 0 aliphatic heterocycles. The maximum atomic E-state index is 12.2. The fourth-order valence-electron chi connectivity index (χ4n) is 2.26. The summed E-state index contributed by atoms with van der Waals surface area (Å²) < 4.78 is 5.56. The third kappa shape index (κ3) is 3.48. The van der Waals surface area contributed by atoms with Crippen LogP contribution in [0.5, 0.6) is 5.75 Å². The van der Waals surface area contributed by atoms with E-state index in [1.807, 2.05) is 24.3 Å². The van der Waals surface area contributed by atoms with E-state index in [0.717, 1.165) is 18.2 Å². The summed E-state index contributed by atoms with van der Waals surface area (Å²) in [6.45, 7) is 0.563. The number of halogens is 1. The lowest BCUT2D eigenvalue weighted by molar-refractivity contribution is 0.0934. The maximum absolute atomic E-state index is 12.2. The van der Waals surface area contributed by atoms with E-state index in [-0.39, 0.29) is 5.91 Å². The highest BCUT2D eigenvalue weighted by molar-refractivity contribution is 9.09. The van der Waals surface area contributed by atoms with Crippen LogP contribution in [-0.4, -0.2) is 23.9 Å². The molecule has 1 aliphatic rings. The van der Waals surface area contributed by atoms with Gasteiger partial charge in [0.25, 0.3) is 5.91 Å². The van der Waals surface area contributed by atoms with Crippen molar-refractivity contribution in [1.29, 1.82) is 0 Å². The first kappa shape index (κ1) is 13.4. The number of carbonyl (C=O) groups excluding carboxylic acids is 1. The topological polar surface area (TPSA) is 38.3 Å². The van der Waals surface area contributed by atoms with E-state index in [1.54, 1.807) is 0 Å². The summed E-state index contributed by atoms with van der Waals surface area (Å²) in [6.07, 6.45) is 4.62. The number of nitrogens with one attached hydrogen (secondary N) is 1. The highest BCUT2D eigenvalue weighted by Crippen LogP contribution is 2.21. The number of rotatable bonds is 5. The molecule has 1 aliphatic carbocycles. The maximum Gasteiger partial charge on any atom is 0.255 e. The van der Waals surface area contributed by atoms with E-state index in [9.17, 15) is 4.79 Å². The number of alkyl halides is 1. The molecule has 0 spiro atoms. The minimum absolute atomic E-state index is 0.0212. The summed E-state index contributed by atoms with van der Waals surface area (Å²) in [5, 5.41) is 3.84. The smallest absolute Gasteiger partial charge is 0.255 e. The molecule has 1 N–H and O–H groups in total. The van der Waals surface area contributed by atoms with Gasteiger partial charge in [0.2, 0.25) is 0 Å². The van der Waals surface area contributed by atoms with Crippen molar-refractivity contribution in [3.8, 4) is 5.75 Å². The summed E-state index contributed by atoms with van der Waals surface area (Å²) in [5.41, 5.74) is 0.630. The van der Waals surface area contributed by atoms with E-state index < -0.39 is 0 Å². The number of amides is 1. The molecule has 98 valence electrons. The highest BCUT2D eigenvalue weighted by atomic mass is 79.9. The lowest BCUT2D eigenvalue weighted by Crippen LogP contribution is -2.32. The van der Waals surface area contributed by atoms with Gasteiger partial charge in [-0.2, -0.15) is 0 Å². The van der Waals surface area contributed by atoms with Crippen LogP contribution in [-0.2, 0) is 0 Å².